The van der Waals surface area contributed by atoms with Crippen LogP contribution in [0.4, 0.5) is 5.69 Å². The summed E-state index contributed by atoms with van der Waals surface area (Å²) < 4.78 is 38.4. The maximum Gasteiger partial charge on any atom is 0.264 e. The van der Waals surface area contributed by atoms with Crippen molar-refractivity contribution in [1.82, 2.24) is 5.43 Å². The Bertz CT molecular complexity index is 1330. The molecule has 0 aliphatic carbocycles. The molecule has 3 rings (SSSR count). The Morgan fingerprint density at radius 3 is 2.43 bits per heavy atom. The van der Waals surface area contributed by atoms with Gasteiger partial charge in [0.2, 0.25) is 0 Å². The molecule has 0 aliphatic rings. The molecule has 0 saturated heterocycles. The number of amides is 1. The van der Waals surface area contributed by atoms with E-state index in [2.05, 4.69) is 10.5 Å². The van der Waals surface area contributed by atoms with E-state index in [1.807, 2.05) is 13.0 Å². The van der Waals surface area contributed by atoms with Crippen LogP contribution in [-0.2, 0) is 14.8 Å². The van der Waals surface area contributed by atoms with Crippen LogP contribution in [0.3, 0.4) is 0 Å². The molecule has 1 amide bonds. The number of methoxy groups -OCH3 is 1. The van der Waals surface area contributed by atoms with Gasteiger partial charge in [-0.2, -0.15) is 10.4 Å². The van der Waals surface area contributed by atoms with E-state index in [-0.39, 0.29) is 17.2 Å². The minimum atomic E-state index is -4.08. The van der Waals surface area contributed by atoms with Crippen LogP contribution in [0.5, 0.6) is 11.5 Å². The smallest absolute Gasteiger partial charge is 0.264 e. The number of aryl methyl sites for hydroxylation is 1. The van der Waals surface area contributed by atoms with E-state index in [0.29, 0.717) is 17.1 Å². The number of ether oxygens (including phenoxy) is 2. The van der Waals surface area contributed by atoms with E-state index in [1.165, 1.54) is 25.5 Å². The van der Waals surface area contributed by atoms with Crippen molar-refractivity contribution in [2.75, 3.05) is 24.6 Å². The van der Waals surface area contributed by atoms with E-state index in [0.717, 1.165) is 9.87 Å². The lowest BCUT2D eigenvalue weighted by Crippen LogP contribution is -2.39. The number of hydrogen-bond acceptors (Lipinski definition) is 7. The Labute approximate surface area is 204 Å². The highest BCUT2D eigenvalue weighted by molar-refractivity contribution is 7.92. The summed E-state index contributed by atoms with van der Waals surface area (Å²) in [5.41, 5.74) is 4.16. The Hall–Kier alpha value is -4.36. The number of nitrogens with one attached hydrogen (secondary N) is 1. The van der Waals surface area contributed by atoms with Crippen LogP contribution in [0.2, 0.25) is 0 Å². The lowest BCUT2D eigenvalue weighted by molar-refractivity contribution is -0.119. The summed E-state index contributed by atoms with van der Waals surface area (Å²) in [7, 11) is -2.66. The van der Waals surface area contributed by atoms with Crippen molar-refractivity contribution in [3.05, 3.63) is 83.9 Å². The SMILES string of the molecule is COc1ccccc1N(CC(=O)N/N=C\c1ccc(OCC#N)cc1)S(=O)(=O)c1ccc(C)cc1. The lowest BCUT2D eigenvalue weighted by Gasteiger charge is -2.25. The largest absolute Gasteiger partial charge is 0.495 e. The van der Waals surface area contributed by atoms with Crippen molar-refractivity contribution in [3.8, 4) is 17.6 Å². The second-order valence-electron chi connectivity index (χ2n) is 7.31. The van der Waals surface area contributed by atoms with Gasteiger partial charge in [0.15, 0.2) is 6.61 Å². The summed E-state index contributed by atoms with van der Waals surface area (Å²) in [6, 6.07) is 21.5. The first-order valence-corrected chi connectivity index (χ1v) is 11.9. The van der Waals surface area contributed by atoms with Gasteiger partial charge in [0, 0.05) is 0 Å². The highest BCUT2D eigenvalue weighted by atomic mass is 32.2. The summed E-state index contributed by atoms with van der Waals surface area (Å²) in [6.45, 7) is 1.28. The molecule has 0 radical (unpaired) electrons. The minimum absolute atomic E-state index is 0.0454. The minimum Gasteiger partial charge on any atom is -0.495 e. The second kappa shape index (κ2) is 11.7. The van der Waals surface area contributed by atoms with Crippen LogP contribution >= 0.6 is 0 Å². The van der Waals surface area contributed by atoms with Gasteiger partial charge in [-0.15, -0.1) is 0 Å². The van der Waals surface area contributed by atoms with Crippen molar-refractivity contribution in [1.29, 1.82) is 5.26 Å². The number of sulfonamides is 1. The quantitative estimate of drug-likeness (QED) is 0.343. The van der Waals surface area contributed by atoms with E-state index in [1.54, 1.807) is 60.7 Å². The maximum atomic E-state index is 13.5. The molecule has 180 valence electrons. The number of hydrazone groups is 1. The molecule has 0 fully saturated rings. The Morgan fingerprint density at radius 2 is 1.77 bits per heavy atom. The predicted molar refractivity (Wildman–Crippen MR) is 132 cm³/mol. The zero-order valence-corrected chi connectivity index (χ0v) is 20.0. The summed E-state index contributed by atoms with van der Waals surface area (Å²) in [4.78, 5) is 12.7. The number of carbonyl (C=O) groups is 1. The molecule has 10 heteroatoms. The summed E-state index contributed by atoms with van der Waals surface area (Å²) >= 11 is 0. The fraction of sp³-hybridized carbons (Fsp3) is 0.160. The van der Waals surface area contributed by atoms with E-state index >= 15 is 0 Å². The number of carbonyl (C=O) groups excluding carboxylic acids is 1. The molecule has 0 unspecified atom stereocenters. The number of hydrogen-bond donors (Lipinski definition) is 1. The Morgan fingerprint density at radius 1 is 1.09 bits per heavy atom. The third-order valence-electron chi connectivity index (χ3n) is 4.84. The molecule has 9 nitrogen and oxygen atoms in total. The molecule has 0 aliphatic heterocycles. The topological polar surface area (TPSA) is 121 Å². The molecule has 0 saturated carbocycles. The van der Waals surface area contributed by atoms with Crippen molar-refractivity contribution < 1.29 is 22.7 Å². The molecular weight excluding hydrogens is 468 g/mol. The highest BCUT2D eigenvalue weighted by Gasteiger charge is 2.29. The molecule has 35 heavy (non-hydrogen) atoms. The number of benzene rings is 3. The summed E-state index contributed by atoms with van der Waals surface area (Å²) in [5.74, 6) is 0.191. The fourth-order valence-electron chi connectivity index (χ4n) is 3.08. The van der Waals surface area contributed by atoms with Crippen LogP contribution in [0.15, 0.2) is 82.8 Å². The van der Waals surface area contributed by atoms with E-state index in [4.69, 9.17) is 14.7 Å². The average Bonchev–Trinajstić information content (AvgIpc) is 2.87. The molecule has 0 bridgehead atoms. The first kappa shape index (κ1) is 25.3. The van der Waals surface area contributed by atoms with Gasteiger partial charge in [-0.25, -0.2) is 13.8 Å². The summed E-state index contributed by atoms with van der Waals surface area (Å²) in [5, 5.41) is 12.5. The van der Waals surface area contributed by atoms with Gasteiger partial charge < -0.3 is 9.47 Å². The third kappa shape index (κ3) is 6.59. The van der Waals surface area contributed by atoms with E-state index in [9.17, 15) is 13.2 Å². The van der Waals surface area contributed by atoms with Gasteiger partial charge in [-0.1, -0.05) is 29.8 Å². The number of anilines is 1. The third-order valence-corrected chi connectivity index (χ3v) is 6.61. The first-order chi connectivity index (χ1) is 16.8. The van der Waals surface area contributed by atoms with Crippen LogP contribution in [0.1, 0.15) is 11.1 Å². The van der Waals surface area contributed by atoms with Crippen LogP contribution in [0.25, 0.3) is 0 Å². The van der Waals surface area contributed by atoms with Gasteiger partial charge in [0.1, 0.15) is 24.1 Å². The molecule has 3 aromatic carbocycles. The highest BCUT2D eigenvalue weighted by Crippen LogP contribution is 2.32. The average molecular weight is 493 g/mol. The van der Waals surface area contributed by atoms with Crippen LogP contribution in [-0.4, -0.2) is 40.8 Å². The van der Waals surface area contributed by atoms with Gasteiger partial charge in [-0.05, 0) is 61.0 Å². The van der Waals surface area contributed by atoms with E-state index < -0.39 is 22.5 Å². The number of nitrogens with zero attached hydrogens (tertiary/aromatic N) is 3. The molecule has 0 aromatic heterocycles. The van der Waals surface area contributed by atoms with Gasteiger partial charge in [-0.3, -0.25) is 9.10 Å². The maximum absolute atomic E-state index is 13.5. The summed E-state index contributed by atoms with van der Waals surface area (Å²) in [6.07, 6.45) is 1.41. The van der Waals surface area contributed by atoms with Crippen molar-refractivity contribution in [2.45, 2.75) is 11.8 Å². The number of rotatable bonds is 10. The zero-order valence-electron chi connectivity index (χ0n) is 19.2. The monoisotopic (exact) mass is 492 g/mol. The van der Waals surface area contributed by atoms with Gasteiger partial charge in [0.25, 0.3) is 15.9 Å². The molecule has 1 N–H and O–H groups in total. The molecule has 0 atom stereocenters. The molecule has 0 spiro atoms. The van der Waals surface area contributed by atoms with Crippen LogP contribution < -0.4 is 19.2 Å². The normalized spacial score (nSPS) is 11.0. The number of nitriles is 1. The fourth-order valence-corrected chi connectivity index (χ4v) is 4.51. The second-order valence-corrected chi connectivity index (χ2v) is 9.17. The van der Waals surface area contributed by atoms with Crippen LogP contribution in [0, 0.1) is 18.3 Å². The van der Waals surface area contributed by atoms with Crippen molar-refractivity contribution >= 4 is 27.8 Å². The molecular formula is C25H24N4O5S. The standard InChI is InChI=1S/C25H24N4O5S/c1-19-7-13-22(14-8-19)35(31,32)29(23-5-3-4-6-24(23)33-2)18-25(30)28-27-17-20-9-11-21(12-10-20)34-16-15-26/h3-14,17H,16,18H2,1-2H3,(H,28,30)/b27-17-. The van der Waals surface area contributed by atoms with Crippen molar-refractivity contribution in [3.63, 3.8) is 0 Å². The predicted octanol–water partition coefficient (Wildman–Crippen LogP) is 3.25. The van der Waals surface area contributed by atoms with Crippen molar-refractivity contribution in [2.24, 2.45) is 5.10 Å². The lowest BCUT2D eigenvalue weighted by atomic mass is 10.2. The Balaban J connectivity index is 1.80. The van der Waals surface area contributed by atoms with Gasteiger partial charge >= 0.3 is 0 Å². The first-order valence-electron chi connectivity index (χ1n) is 10.5. The number of para-hydroxylation sites is 2. The molecule has 0 heterocycles. The molecule has 3 aromatic rings. The Kier molecular flexibility index (Phi) is 8.43. The zero-order chi connectivity index (χ0) is 25.3. The van der Waals surface area contributed by atoms with Gasteiger partial charge in [0.05, 0.1) is 23.9 Å².